The van der Waals surface area contributed by atoms with Gasteiger partial charge in [0.25, 0.3) is 0 Å². The van der Waals surface area contributed by atoms with E-state index in [1.54, 1.807) is 7.05 Å². The van der Waals surface area contributed by atoms with E-state index in [1.807, 2.05) is 31.3 Å². The molecule has 8 heteroatoms. The second kappa shape index (κ2) is 10.6. The molecule has 1 fully saturated rings. The first-order chi connectivity index (χ1) is 13.0. The number of guanidine groups is 1. The van der Waals surface area contributed by atoms with Crippen LogP contribution in [0.1, 0.15) is 30.9 Å². The van der Waals surface area contributed by atoms with Crippen LogP contribution in [0.25, 0.3) is 0 Å². The summed E-state index contributed by atoms with van der Waals surface area (Å²) >= 11 is 0. The van der Waals surface area contributed by atoms with Gasteiger partial charge in [-0.3, -0.25) is 4.99 Å². The third-order valence-corrected chi connectivity index (χ3v) is 6.50. The van der Waals surface area contributed by atoms with E-state index in [0.717, 1.165) is 36.5 Å². The van der Waals surface area contributed by atoms with Gasteiger partial charge in [0.2, 0.25) is 10.0 Å². The minimum atomic E-state index is -3.35. The predicted molar refractivity (Wildman–Crippen MR) is 109 cm³/mol. The molecular weight excluding hydrogens is 364 g/mol. The van der Waals surface area contributed by atoms with Crippen molar-refractivity contribution in [3.05, 3.63) is 35.4 Å². The average Bonchev–Trinajstić information content (AvgIpc) is 2.68. The highest BCUT2D eigenvalue weighted by Crippen LogP contribution is 2.16. The summed E-state index contributed by atoms with van der Waals surface area (Å²) in [6, 6.07) is 7.68. The normalized spacial score (nSPS) is 16.3. The summed E-state index contributed by atoms with van der Waals surface area (Å²) in [6.07, 6.45) is 2.23. The van der Waals surface area contributed by atoms with Crippen LogP contribution in [-0.4, -0.2) is 70.5 Å². The number of sulfonamides is 1. The maximum Gasteiger partial charge on any atom is 0.218 e. The molecule has 1 N–H and O–H groups in total. The minimum Gasteiger partial charge on any atom is -0.379 e. The highest BCUT2D eigenvalue weighted by Gasteiger charge is 2.25. The van der Waals surface area contributed by atoms with Gasteiger partial charge in [-0.1, -0.05) is 37.6 Å². The first kappa shape index (κ1) is 21.7. The number of nitrogens with one attached hydrogen (secondary N) is 1. The van der Waals surface area contributed by atoms with Gasteiger partial charge >= 0.3 is 0 Å². The Hall–Kier alpha value is -1.64. The predicted octanol–water partition coefficient (Wildman–Crippen LogP) is 1.66. The molecule has 1 saturated heterocycles. The molecular formula is C19H32N4O3S. The third-order valence-electron chi connectivity index (χ3n) is 4.68. The number of nitrogens with zero attached hydrogens (tertiary/aromatic N) is 3. The molecule has 1 aromatic rings. The van der Waals surface area contributed by atoms with E-state index in [4.69, 9.17) is 4.74 Å². The van der Waals surface area contributed by atoms with E-state index in [0.29, 0.717) is 32.8 Å². The highest BCUT2D eigenvalue weighted by molar-refractivity contribution is 7.88. The molecule has 0 spiro atoms. The van der Waals surface area contributed by atoms with Gasteiger partial charge in [-0.15, -0.1) is 0 Å². The van der Waals surface area contributed by atoms with Gasteiger partial charge in [-0.2, -0.15) is 4.31 Å². The lowest BCUT2D eigenvalue weighted by atomic mass is 10.1. The third kappa shape index (κ3) is 6.48. The minimum absolute atomic E-state index is 0.00906. The van der Waals surface area contributed by atoms with Crippen molar-refractivity contribution in [2.45, 2.75) is 32.1 Å². The molecule has 0 aromatic heterocycles. The highest BCUT2D eigenvalue weighted by atomic mass is 32.2. The van der Waals surface area contributed by atoms with E-state index in [9.17, 15) is 8.42 Å². The van der Waals surface area contributed by atoms with Crippen LogP contribution in [0.15, 0.2) is 29.3 Å². The standard InChI is InChI=1S/C19H32N4O3S/c1-4-5-10-22(3)19(20-2)21-15-17-8-6-7-9-18(17)16-27(24,25)23-11-13-26-14-12-23/h6-9H,4-5,10-16H2,1-3H3,(H,20,21). The maximum atomic E-state index is 12.7. The number of aliphatic imine (C=N–C) groups is 1. The topological polar surface area (TPSA) is 74.2 Å². The zero-order valence-corrected chi connectivity index (χ0v) is 17.5. The van der Waals surface area contributed by atoms with Crippen molar-refractivity contribution in [2.24, 2.45) is 4.99 Å². The van der Waals surface area contributed by atoms with Crippen LogP contribution in [0.4, 0.5) is 0 Å². The summed E-state index contributed by atoms with van der Waals surface area (Å²) in [6.45, 7) is 5.41. The van der Waals surface area contributed by atoms with Gasteiger partial charge in [-0.05, 0) is 17.5 Å². The Morgan fingerprint density at radius 2 is 1.93 bits per heavy atom. The summed E-state index contributed by atoms with van der Waals surface area (Å²) in [7, 11) is 0.431. The van der Waals surface area contributed by atoms with Crippen LogP contribution >= 0.6 is 0 Å². The number of rotatable bonds is 8. The zero-order chi connectivity index (χ0) is 19.7. The zero-order valence-electron chi connectivity index (χ0n) is 16.6. The Morgan fingerprint density at radius 1 is 1.26 bits per heavy atom. The number of ether oxygens (including phenoxy) is 1. The summed E-state index contributed by atoms with van der Waals surface area (Å²) in [5.74, 6) is 0.823. The van der Waals surface area contributed by atoms with Gasteiger partial charge in [0, 0.05) is 40.3 Å². The quantitative estimate of drug-likeness (QED) is 0.534. The molecule has 1 heterocycles. The summed E-state index contributed by atoms with van der Waals surface area (Å²) in [5.41, 5.74) is 1.79. The number of morpholine rings is 1. The Bertz CT molecular complexity index is 715. The molecule has 27 heavy (non-hydrogen) atoms. The molecule has 0 amide bonds. The van der Waals surface area contributed by atoms with Crippen molar-refractivity contribution in [3.8, 4) is 0 Å². The smallest absolute Gasteiger partial charge is 0.218 e. The Kier molecular flexibility index (Phi) is 8.53. The molecule has 0 atom stereocenters. The maximum absolute atomic E-state index is 12.7. The van der Waals surface area contributed by atoms with Gasteiger partial charge in [0.15, 0.2) is 5.96 Å². The summed E-state index contributed by atoms with van der Waals surface area (Å²) < 4.78 is 32.3. The number of hydrogen-bond donors (Lipinski definition) is 1. The number of hydrogen-bond acceptors (Lipinski definition) is 4. The molecule has 0 saturated carbocycles. The van der Waals surface area contributed by atoms with Crippen LogP contribution in [0.3, 0.4) is 0 Å². The Labute approximate surface area is 163 Å². The molecule has 2 rings (SSSR count). The number of benzene rings is 1. The van der Waals surface area contributed by atoms with Crippen molar-refractivity contribution < 1.29 is 13.2 Å². The van der Waals surface area contributed by atoms with E-state index in [-0.39, 0.29) is 5.75 Å². The van der Waals surface area contributed by atoms with Crippen molar-refractivity contribution in [1.29, 1.82) is 0 Å². The fourth-order valence-electron chi connectivity index (χ4n) is 3.04. The van der Waals surface area contributed by atoms with E-state index in [2.05, 4.69) is 22.1 Å². The second-order valence-electron chi connectivity index (χ2n) is 6.71. The second-order valence-corrected chi connectivity index (χ2v) is 8.68. The van der Waals surface area contributed by atoms with E-state index >= 15 is 0 Å². The lowest BCUT2D eigenvalue weighted by Gasteiger charge is -2.26. The van der Waals surface area contributed by atoms with Crippen molar-refractivity contribution in [1.82, 2.24) is 14.5 Å². The fourth-order valence-corrected chi connectivity index (χ4v) is 4.61. The number of unbranched alkanes of at least 4 members (excludes halogenated alkanes) is 1. The van der Waals surface area contributed by atoms with E-state index in [1.165, 1.54) is 4.31 Å². The summed E-state index contributed by atoms with van der Waals surface area (Å²) in [4.78, 5) is 6.42. The van der Waals surface area contributed by atoms with Crippen LogP contribution in [-0.2, 0) is 27.1 Å². The average molecular weight is 397 g/mol. The van der Waals surface area contributed by atoms with E-state index < -0.39 is 10.0 Å². The molecule has 0 radical (unpaired) electrons. The van der Waals surface area contributed by atoms with Crippen LogP contribution < -0.4 is 5.32 Å². The lowest BCUT2D eigenvalue weighted by molar-refractivity contribution is 0.0729. The van der Waals surface area contributed by atoms with Gasteiger partial charge < -0.3 is 15.0 Å². The molecule has 1 aliphatic heterocycles. The van der Waals surface area contributed by atoms with Gasteiger partial charge in [-0.25, -0.2) is 8.42 Å². The largest absolute Gasteiger partial charge is 0.379 e. The van der Waals surface area contributed by atoms with Crippen LogP contribution in [0.2, 0.25) is 0 Å². The molecule has 152 valence electrons. The van der Waals surface area contributed by atoms with Crippen LogP contribution in [0, 0.1) is 0 Å². The Balaban J connectivity index is 2.04. The molecule has 1 aromatic carbocycles. The van der Waals surface area contributed by atoms with Crippen LogP contribution in [0.5, 0.6) is 0 Å². The summed E-state index contributed by atoms with van der Waals surface area (Å²) in [5, 5.41) is 3.35. The molecule has 0 bridgehead atoms. The first-order valence-corrected chi connectivity index (χ1v) is 11.1. The lowest BCUT2D eigenvalue weighted by Crippen LogP contribution is -2.41. The monoisotopic (exact) mass is 396 g/mol. The Morgan fingerprint density at radius 3 is 2.56 bits per heavy atom. The van der Waals surface area contributed by atoms with Crippen molar-refractivity contribution in [2.75, 3.05) is 46.9 Å². The first-order valence-electron chi connectivity index (χ1n) is 9.52. The van der Waals surface area contributed by atoms with Gasteiger partial charge in [0.05, 0.1) is 19.0 Å². The molecule has 7 nitrogen and oxygen atoms in total. The van der Waals surface area contributed by atoms with Crippen molar-refractivity contribution >= 4 is 16.0 Å². The fraction of sp³-hybridized carbons (Fsp3) is 0.632. The van der Waals surface area contributed by atoms with Crippen molar-refractivity contribution in [3.63, 3.8) is 0 Å². The molecule has 0 aliphatic carbocycles. The molecule has 1 aliphatic rings. The molecule has 0 unspecified atom stereocenters. The van der Waals surface area contributed by atoms with Gasteiger partial charge in [0.1, 0.15) is 0 Å². The SMILES string of the molecule is CCCCN(C)C(=NC)NCc1ccccc1CS(=O)(=O)N1CCOCC1.